The summed E-state index contributed by atoms with van der Waals surface area (Å²) in [5, 5.41) is 12.4. The first-order valence-corrected chi connectivity index (χ1v) is 9.05. The van der Waals surface area contributed by atoms with Gasteiger partial charge in [0.15, 0.2) is 0 Å². The summed E-state index contributed by atoms with van der Waals surface area (Å²) in [4.78, 5) is 14.6. The molecule has 1 atom stereocenters. The molecule has 4 nitrogen and oxygen atoms in total. The Morgan fingerprint density at radius 1 is 1.12 bits per heavy atom. The fraction of sp³-hybridized carbons (Fsp3) is 0.381. The van der Waals surface area contributed by atoms with Gasteiger partial charge in [0.25, 0.3) is 0 Å². The highest BCUT2D eigenvalue weighted by atomic mass is 16.4. The largest absolute Gasteiger partial charge is 0.422 e. The van der Waals surface area contributed by atoms with Crippen LogP contribution in [0.4, 0.5) is 0 Å². The van der Waals surface area contributed by atoms with Crippen molar-refractivity contribution in [1.29, 1.82) is 0 Å². The molecular formula is C21H23NO3. The number of likely N-dealkylation sites (tertiary alicyclic amines) is 1. The van der Waals surface area contributed by atoms with Gasteiger partial charge in [-0.2, -0.15) is 0 Å². The molecule has 0 radical (unpaired) electrons. The predicted molar refractivity (Wildman–Crippen MR) is 99.7 cm³/mol. The summed E-state index contributed by atoms with van der Waals surface area (Å²) in [6, 6.07) is 14.1. The fourth-order valence-electron chi connectivity index (χ4n) is 4.05. The summed E-state index contributed by atoms with van der Waals surface area (Å²) in [7, 11) is 0. The third-order valence-electron chi connectivity index (χ3n) is 5.31. The Kier molecular flexibility index (Phi) is 4.55. The van der Waals surface area contributed by atoms with Crippen LogP contribution in [0.1, 0.15) is 31.2 Å². The van der Waals surface area contributed by atoms with Gasteiger partial charge in [0, 0.05) is 36.0 Å². The van der Waals surface area contributed by atoms with Gasteiger partial charge in [-0.05, 0) is 36.8 Å². The highest BCUT2D eigenvalue weighted by molar-refractivity contribution is 6.04. The van der Waals surface area contributed by atoms with Crippen molar-refractivity contribution < 1.29 is 9.52 Å². The van der Waals surface area contributed by atoms with Crippen LogP contribution in [-0.4, -0.2) is 29.2 Å². The van der Waals surface area contributed by atoms with Crippen molar-refractivity contribution in [2.75, 3.05) is 13.2 Å². The SMILES string of the molecule is O=c1cc(CN2CCCC[C@H]2CCO)c2ccc3ccccc3c2o1. The van der Waals surface area contributed by atoms with Crippen LogP contribution < -0.4 is 5.63 Å². The lowest BCUT2D eigenvalue weighted by atomic mass is 9.97. The summed E-state index contributed by atoms with van der Waals surface area (Å²) in [6.45, 7) is 1.95. The number of nitrogens with zero attached hydrogens (tertiary/aromatic N) is 1. The monoisotopic (exact) mass is 337 g/mol. The topological polar surface area (TPSA) is 53.7 Å². The van der Waals surface area contributed by atoms with Crippen LogP contribution in [0.3, 0.4) is 0 Å². The molecule has 2 aromatic carbocycles. The molecule has 0 spiro atoms. The second-order valence-corrected chi connectivity index (χ2v) is 6.89. The first-order valence-electron chi connectivity index (χ1n) is 9.05. The van der Waals surface area contributed by atoms with Gasteiger partial charge in [0.2, 0.25) is 0 Å². The zero-order chi connectivity index (χ0) is 17.2. The van der Waals surface area contributed by atoms with E-state index in [0.29, 0.717) is 11.6 Å². The highest BCUT2D eigenvalue weighted by Crippen LogP contribution is 2.29. The molecule has 4 heteroatoms. The summed E-state index contributed by atoms with van der Waals surface area (Å²) in [5.74, 6) is 0. The number of aliphatic hydroxyl groups excluding tert-OH is 1. The molecule has 1 saturated heterocycles. The lowest BCUT2D eigenvalue weighted by Crippen LogP contribution is -2.39. The minimum absolute atomic E-state index is 0.212. The van der Waals surface area contributed by atoms with Gasteiger partial charge in [0.05, 0.1) is 0 Å². The molecule has 0 amide bonds. The van der Waals surface area contributed by atoms with Gasteiger partial charge in [-0.3, -0.25) is 4.90 Å². The molecule has 1 aliphatic rings. The van der Waals surface area contributed by atoms with E-state index in [9.17, 15) is 9.90 Å². The number of hydrogen-bond acceptors (Lipinski definition) is 4. The average molecular weight is 337 g/mol. The van der Waals surface area contributed by atoms with E-state index >= 15 is 0 Å². The van der Waals surface area contributed by atoms with Crippen molar-refractivity contribution in [3.05, 3.63) is 58.4 Å². The van der Waals surface area contributed by atoms with Crippen molar-refractivity contribution in [2.45, 2.75) is 38.3 Å². The van der Waals surface area contributed by atoms with Crippen LogP contribution in [-0.2, 0) is 6.54 Å². The molecule has 1 aromatic heterocycles. The van der Waals surface area contributed by atoms with Gasteiger partial charge in [0.1, 0.15) is 5.58 Å². The smallest absolute Gasteiger partial charge is 0.336 e. The Morgan fingerprint density at radius 2 is 2.00 bits per heavy atom. The second kappa shape index (κ2) is 6.98. The lowest BCUT2D eigenvalue weighted by molar-refractivity contribution is 0.113. The fourth-order valence-corrected chi connectivity index (χ4v) is 4.05. The first-order chi connectivity index (χ1) is 12.3. The molecule has 0 bridgehead atoms. The van der Waals surface area contributed by atoms with E-state index in [1.54, 1.807) is 6.07 Å². The summed E-state index contributed by atoms with van der Waals surface area (Å²) < 4.78 is 5.57. The third kappa shape index (κ3) is 3.20. The van der Waals surface area contributed by atoms with E-state index in [0.717, 1.165) is 47.7 Å². The van der Waals surface area contributed by atoms with Crippen molar-refractivity contribution in [1.82, 2.24) is 4.90 Å². The molecule has 1 aliphatic heterocycles. The van der Waals surface area contributed by atoms with Crippen LogP contribution in [0.25, 0.3) is 21.7 Å². The maximum atomic E-state index is 12.2. The maximum Gasteiger partial charge on any atom is 0.336 e. The predicted octanol–water partition coefficient (Wildman–Crippen LogP) is 3.68. The Bertz CT molecular complexity index is 945. The van der Waals surface area contributed by atoms with Crippen LogP contribution in [0.2, 0.25) is 0 Å². The minimum Gasteiger partial charge on any atom is -0.422 e. The van der Waals surface area contributed by atoms with Crippen LogP contribution >= 0.6 is 0 Å². The first kappa shape index (κ1) is 16.3. The van der Waals surface area contributed by atoms with Gasteiger partial charge < -0.3 is 9.52 Å². The zero-order valence-corrected chi connectivity index (χ0v) is 14.3. The second-order valence-electron chi connectivity index (χ2n) is 6.89. The highest BCUT2D eigenvalue weighted by Gasteiger charge is 2.23. The number of hydrogen-bond donors (Lipinski definition) is 1. The maximum absolute atomic E-state index is 12.2. The molecule has 2 heterocycles. The number of fused-ring (bicyclic) bond motifs is 3. The van der Waals surface area contributed by atoms with Gasteiger partial charge >= 0.3 is 5.63 Å². The quantitative estimate of drug-likeness (QED) is 0.583. The molecular weight excluding hydrogens is 314 g/mol. The number of rotatable bonds is 4. The summed E-state index contributed by atoms with van der Waals surface area (Å²) >= 11 is 0. The van der Waals surface area contributed by atoms with E-state index in [2.05, 4.69) is 17.0 Å². The van der Waals surface area contributed by atoms with Crippen molar-refractivity contribution in [2.24, 2.45) is 0 Å². The Balaban J connectivity index is 1.79. The Labute approximate surface area is 146 Å². The average Bonchev–Trinajstić information content (AvgIpc) is 2.63. The van der Waals surface area contributed by atoms with E-state index in [1.807, 2.05) is 24.3 Å². The minimum atomic E-state index is -0.297. The van der Waals surface area contributed by atoms with Gasteiger partial charge in [-0.1, -0.05) is 42.8 Å². The zero-order valence-electron chi connectivity index (χ0n) is 14.3. The van der Waals surface area contributed by atoms with Crippen molar-refractivity contribution in [3.8, 4) is 0 Å². The molecule has 1 N–H and O–H groups in total. The van der Waals surface area contributed by atoms with Crippen molar-refractivity contribution in [3.63, 3.8) is 0 Å². The molecule has 3 aromatic rings. The number of benzene rings is 2. The molecule has 1 fully saturated rings. The van der Waals surface area contributed by atoms with Crippen LogP contribution in [0, 0.1) is 0 Å². The van der Waals surface area contributed by atoms with E-state index in [-0.39, 0.29) is 12.2 Å². The normalized spacial score (nSPS) is 18.8. The van der Waals surface area contributed by atoms with Crippen LogP contribution in [0.15, 0.2) is 51.7 Å². The molecule has 130 valence electrons. The summed E-state index contributed by atoms with van der Waals surface area (Å²) in [5.41, 5.74) is 1.40. The standard InChI is InChI=1S/C21H23NO3/c23-12-10-17-6-3-4-11-22(17)14-16-13-20(24)25-21-18-7-2-1-5-15(18)8-9-19(16)21/h1-2,5,7-9,13,17,23H,3-4,6,10-12,14H2/t17-/m0/s1. The van der Waals surface area contributed by atoms with Crippen LogP contribution in [0.5, 0.6) is 0 Å². The molecule has 0 saturated carbocycles. The summed E-state index contributed by atoms with van der Waals surface area (Å²) in [6.07, 6.45) is 4.29. The van der Waals surface area contributed by atoms with E-state index in [1.165, 1.54) is 12.8 Å². The molecule has 4 rings (SSSR count). The van der Waals surface area contributed by atoms with E-state index < -0.39 is 0 Å². The lowest BCUT2D eigenvalue weighted by Gasteiger charge is -2.35. The number of aliphatic hydroxyl groups is 1. The molecule has 25 heavy (non-hydrogen) atoms. The Hall–Kier alpha value is -2.17. The third-order valence-corrected chi connectivity index (χ3v) is 5.31. The van der Waals surface area contributed by atoms with Gasteiger partial charge in [-0.25, -0.2) is 4.79 Å². The number of piperidine rings is 1. The van der Waals surface area contributed by atoms with Crippen molar-refractivity contribution >= 4 is 21.7 Å². The van der Waals surface area contributed by atoms with E-state index in [4.69, 9.17) is 4.42 Å². The molecule has 0 aliphatic carbocycles. The van der Waals surface area contributed by atoms with Gasteiger partial charge in [-0.15, -0.1) is 0 Å². The molecule has 0 unspecified atom stereocenters. The Morgan fingerprint density at radius 3 is 2.88 bits per heavy atom.